The maximum atomic E-state index is 14.0. The van der Waals surface area contributed by atoms with Crippen molar-refractivity contribution in [2.45, 2.75) is 96.2 Å². The standard InChI is InChI=1S/C35H50ClN4O8P/c1-3-47-49(45,48-4-2)34(43)29(17-18-32(41)40-19-20-46-31-16-9-8-14-27(31)24-40)38-33(42)30(22-25-11-6-5-7-12-25)39-35(44)37-23-26-13-10-15-28(36)21-26/h8-10,13-16,21,25,29-30,34,43H,3-7,11-12,17-20,22-24H2,1-2H3,(H,38,42)(H2,37,39,44)/t29-,30-,34?/m0/s1. The summed E-state index contributed by atoms with van der Waals surface area (Å²) in [5, 5.41) is 20.4. The molecule has 0 saturated heterocycles. The summed E-state index contributed by atoms with van der Waals surface area (Å²) < 4.78 is 30.4. The van der Waals surface area contributed by atoms with Crippen LogP contribution in [0.3, 0.4) is 0 Å². The summed E-state index contributed by atoms with van der Waals surface area (Å²) >= 11 is 6.09. The minimum Gasteiger partial charge on any atom is -0.491 e. The van der Waals surface area contributed by atoms with Gasteiger partial charge in [-0.3, -0.25) is 14.2 Å². The smallest absolute Gasteiger partial charge is 0.360 e. The number of aliphatic hydroxyl groups is 1. The number of urea groups is 1. The molecule has 49 heavy (non-hydrogen) atoms. The highest BCUT2D eigenvalue weighted by Gasteiger charge is 2.42. The fourth-order valence-corrected chi connectivity index (χ4v) is 8.33. The Kier molecular flexibility index (Phi) is 15.2. The van der Waals surface area contributed by atoms with E-state index in [0.717, 1.165) is 49.0 Å². The maximum Gasteiger partial charge on any atom is 0.360 e. The molecule has 4 amide bonds. The number of ether oxygens (including phenoxy) is 1. The van der Waals surface area contributed by atoms with Crippen molar-refractivity contribution in [1.82, 2.24) is 20.9 Å². The number of amides is 4. The molecule has 14 heteroatoms. The second-order valence-electron chi connectivity index (χ2n) is 12.5. The molecule has 270 valence electrons. The van der Waals surface area contributed by atoms with Crippen LogP contribution in [0.5, 0.6) is 5.75 Å². The lowest BCUT2D eigenvalue weighted by atomic mass is 9.84. The molecule has 1 saturated carbocycles. The minimum absolute atomic E-state index is 0.000219. The number of carbonyl (C=O) groups is 3. The first kappa shape index (κ1) is 38.6. The van der Waals surface area contributed by atoms with Crippen molar-refractivity contribution in [3.63, 3.8) is 0 Å². The normalized spacial score (nSPS) is 17.1. The number of para-hydroxylation sites is 1. The number of carbonyl (C=O) groups excluding carboxylic acids is 3. The van der Waals surface area contributed by atoms with Crippen LogP contribution in [0, 0.1) is 5.92 Å². The van der Waals surface area contributed by atoms with E-state index in [9.17, 15) is 24.1 Å². The van der Waals surface area contributed by atoms with Crippen molar-refractivity contribution in [3.8, 4) is 5.75 Å². The Bertz CT molecular complexity index is 1430. The molecule has 3 atom stereocenters. The number of nitrogens with zero attached hydrogens (tertiary/aromatic N) is 1. The van der Waals surface area contributed by atoms with Gasteiger partial charge in [-0.2, -0.15) is 0 Å². The summed E-state index contributed by atoms with van der Waals surface area (Å²) in [5.41, 5.74) is 1.67. The van der Waals surface area contributed by atoms with Crippen LogP contribution in [0.25, 0.3) is 0 Å². The van der Waals surface area contributed by atoms with E-state index in [4.69, 9.17) is 25.4 Å². The van der Waals surface area contributed by atoms with Crippen molar-refractivity contribution < 1.29 is 37.8 Å². The summed E-state index contributed by atoms with van der Waals surface area (Å²) in [5.74, 6) is -1.60. The van der Waals surface area contributed by atoms with Crippen LogP contribution < -0.4 is 20.7 Å². The summed E-state index contributed by atoms with van der Waals surface area (Å²) in [7, 11) is -4.12. The topological polar surface area (TPSA) is 156 Å². The van der Waals surface area contributed by atoms with Crippen LogP contribution in [0.15, 0.2) is 48.5 Å². The molecule has 2 aromatic rings. The highest BCUT2D eigenvalue weighted by atomic mass is 35.5. The molecule has 1 heterocycles. The van der Waals surface area contributed by atoms with E-state index in [1.54, 1.807) is 36.9 Å². The van der Waals surface area contributed by atoms with Gasteiger partial charge in [0.25, 0.3) is 0 Å². The largest absolute Gasteiger partial charge is 0.491 e. The molecule has 1 fully saturated rings. The summed E-state index contributed by atoms with van der Waals surface area (Å²) in [4.78, 5) is 42.2. The zero-order chi connectivity index (χ0) is 35.2. The number of hydrogen-bond acceptors (Lipinski definition) is 8. The molecule has 0 spiro atoms. The van der Waals surface area contributed by atoms with Crippen molar-refractivity contribution in [3.05, 3.63) is 64.7 Å². The number of halogens is 1. The summed E-state index contributed by atoms with van der Waals surface area (Å²) in [6.45, 7) is 4.49. The molecule has 1 unspecified atom stereocenters. The molecule has 4 N–H and O–H groups in total. The average molecular weight is 721 g/mol. The molecule has 1 aliphatic carbocycles. The maximum absolute atomic E-state index is 14.0. The summed E-state index contributed by atoms with van der Waals surface area (Å²) in [6, 6.07) is 11.9. The lowest BCUT2D eigenvalue weighted by Gasteiger charge is -2.32. The second kappa shape index (κ2) is 19.3. The van der Waals surface area contributed by atoms with E-state index in [-0.39, 0.29) is 44.4 Å². The van der Waals surface area contributed by atoms with E-state index in [0.29, 0.717) is 31.1 Å². The molecule has 0 radical (unpaired) electrons. The molecule has 4 rings (SSSR count). The van der Waals surface area contributed by atoms with Crippen molar-refractivity contribution in [2.75, 3.05) is 26.4 Å². The van der Waals surface area contributed by atoms with Gasteiger partial charge in [0.2, 0.25) is 11.8 Å². The molecular weight excluding hydrogens is 671 g/mol. The van der Waals surface area contributed by atoms with E-state index < -0.39 is 37.5 Å². The molecule has 0 bridgehead atoms. The van der Waals surface area contributed by atoms with Crippen LogP contribution >= 0.6 is 19.2 Å². The molecule has 0 aromatic heterocycles. The third-order valence-electron chi connectivity index (χ3n) is 8.86. The Labute approximate surface area is 294 Å². The predicted octanol–water partition coefficient (Wildman–Crippen LogP) is 5.75. The van der Waals surface area contributed by atoms with E-state index >= 15 is 0 Å². The van der Waals surface area contributed by atoms with Crippen molar-refractivity contribution >= 4 is 37.0 Å². The number of hydrogen-bond donors (Lipinski definition) is 4. The zero-order valence-corrected chi connectivity index (χ0v) is 30.1. The van der Waals surface area contributed by atoms with Crippen LogP contribution in [0.4, 0.5) is 4.79 Å². The van der Waals surface area contributed by atoms with Crippen molar-refractivity contribution in [2.24, 2.45) is 5.92 Å². The SMILES string of the molecule is CCOP(=O)(OCC)C(O)[C@H](CCC(=O)N1CCOc2ccccc2C1)NC(=O)[C@H](CC1CCCCC1)NC(=O)NCc1cccc(Cl)c1. The van der Waals surface area contributed by atoms with E-state index in [1.807, 2.05) is 30.3 Å². The molecule has 12 nitrogen and oxygen atoms in total. The molecule has 2 aromatic carbocycles. The molecular formula is C35H50ClN4O8P. The summed E-state index contributed by atoms with van der Waals surface area (Å²) in [6.07, 6.45) is 5.35. The third-order valence-corrected chi connectivity index (χ3v) is 11.3. The van der Waals surface area contributed by atoms with Crippen LogP contribution in [0.1, 0.15) is 76.3 Å². The van der Waals surface area contributed by atoms with Gasteiger partial charge in [0, 0.05) is 30.1 Å². The Balaban J connectivity index is 1.50. The number of nitrogens with one attached hydrogen (secondary N) is 3. The van der Waals surface area contributed by atoms with E-state index in [1.165, 1.54) is 0 Å². The average Bonchev–Trinajstić information content (AvgIpc) is 3.32. The van der Waals surface area contributed by atoms with Crippen LogP contribution in [0.2, 0.25) is 5.02 Å². The Hall–Kier alpha value is -3.15. The monoisotopic (exact) mass is 720 g/mol. The Morgan fingerprint density at radius 1 is 1.04 bits per heavy atom. The molecule has 1 aliphatic heterocycles. The van der Waals surface area contributed by atoms with Crippen molar-refractivity contribution in [1.29, 1.82) is 0 Å². The van der Waals surface area contributed by atoms with Gasteiger partial charge in [-0.05, 0) is 56.4 Å². The van der Waals surface area contributed by atoms with Gasteiger partial charge < -0.3 is 39.7 Å². The third kappa shape index (κ3) is 11.7. The highest BCUT2D eigenvalue weighted by Crippen LogP contribution is 2.53. The van der Waals surface area contributed by atoms with Gasteiger partial charge in [-0.15, -0.1) is 0 Å². The number of rotatable bonds is 16. The van der Waals surface area contributed by atoms with Crippen LogP contribution in [-0.2, 0) is 36.3 Å². The second-order valence-corrected chi connectivity index (χ2v) is 15.0. The van der Waals surface area contributed by atoms with Gasteiger partial charge in [0.05, 0.1) is 25.8 Å². The number of aliphatic hydroxyl groups excluding tert-OH is 1. The van der Waals surface area contributed by atoms with Gasteiger partial charge in [0.15, 0.2) is 5.85 Å². The van der Waals surface area contributed by atoms with E-state index in [2.05, 4.69) is 16.0 Å². The lowest BCUT2D eigenvalue weighted by Crippen LogP contribution is -2.55. The lowest BCUT2D eigenvalue weighted by molar-refractivity contribution is -0.132. The van der Waals surface area contributed by atoms with Gasteiger partial charge in [-0.1, -0.05) is 74.0 Å². The quantitative estimate of drug-likeness (QED) is 0.160. The first-order valence-corrected chi connectivity index (χ1v) is 19.2. The number of fused-ring (bicyclic) bond motifs is 1. The zero-order valence-electron chi connectivity index (χ0n) is 28.4. The highest BCUT2D eigenvalue weighted by molar-refractivity contribution is 7.54. The fraction of sp³-hybridized carbons (Fsp3) is 0.571. The first-order valence-electron chi connectivity index (χ1n) is 17.3. The van der Waals surface area contributed by atoms with Gasteiger partial charge >= 0.3 is 13.6 Å². The predicted molar refractivity (Wildman–Crippen MR) is 187 cm³/mol. The van der Waals surface area contributed by atoms with Crippen LogP contribution in [-0.4, -0.2) is 72.1 Å². The van der Waals surface area contributed by atoms with Gasteiger partial charge in [-0.25, -0.2) is 4.79 Å². The van der Waals surface area contributed by atoms with Gasteiger partial charge in [0.1, 0.15) is 18.4 Å². The first-order chi connectivity index (χ1) is 23.6. The fourth-order valence-electron chi connectivity index (χ4n) is 6.35. The number of benzene rings is 2. The molecule has 2 aliphatic rings. The Morgan fingerprint density at radius 3 is 2.49 bits per heavy atom. The minimum atomic E-state index is -4.12. The Morgan fingerprint density at radius 2 is 1.78 bits per heavy atom.